The summed E-state index contributed by atoms with van der Waals surface area (Å²) < 4.78 is 9.33. The molecule has 23 heavy (non-hydrogen) atoms. The topological polar surface area (TPSA) is 95.1 Å². The van der Waals surface area contributed by atoms with Crippen molar-refractivity contribution in [1.82, 2.24) is 24.5 Å². The van der Waals surface area contributed by atoms with Gasteiger partial charge in [-0.05, 0) is 27.7 Å². The van der Waals surface area contributed by atoms with Crippen molar-refractivity contribution in [3.63, 3.8) is 0 Å². The van der Waals surface area contributed by atoms with Gasteiger partial charge in [0.05, 0.1) is 17.6 Å². The van der Waals surface area contributed by atoms with E-state index >= 15 is 0 Å². The Bertz CT molecular complexity index is 695. The molecule has 0 aliphatic heterocycles. The fraction of sp³-hybridized carbons (Fsp3) is 0.571. The summed E-state index contributed by atoms with van der Waals surface area (Å²) in [6.45, 7) is 7.69. The van der Waals surface area contributed by atoms with Gasteiger partial charge in [-0.2, -0.15) is 5.10 Å². The van der Waals surface area contributed by atoms with Crippen LogP contribution in [0.3, 0.4) is 0 Å². The predicted octanol–water partition coefficient (Wildman–Crippen LogP) is 1.97. The molecule has 0 aliphatic carbocycles. The highest BCUT2D eigenvalue weighted by Crippen LogP contribution is 2.27. The number of aryl methyl sites for hydroxylation is 2. The number of nitrogens with zero attached hydrogens (tertiary/aromatic N) is 5. The van der Waals surface area contributed by atoms with E-state index in [0.717, 1.165) is 23.3 Å². The van der Waals surface area contributed by atoms with E-state index in [1.54, 1.807) is 9.25 Å². The molecule has 8 nitrogen and oxygen atoms in total. The fourth-order valence-corrected chi connectivity index (χ4v) is 2.92. The average molecular weight is 339 g/mol. The number of thioether (sulfide) groups is 1. The summed E-state index contributed by atoms with van der Waals surface area (Å²) in [6.07, 6.45) is -0.240. The molecule has 0 amide bonds. The molecule has 9 heteroatoms. The highest BCUT2D eigenvalue weighted by Gasteiger charge is 2.23. The first kappa shape index (κ1) is 17.5. The van der Waals surface area contributed by atoms with Crippen LogP contribution in [-0.4, -0.2) is 47.5 Å². The van der Waals surface area contributed by atoms with E-state index in [1.165, 1.54) is 0 Å². The molecule has 0 saturated heterocycles. The molecule has 1 atom stereocenters. The summed E-state index contributed by atoms with van der Waals surface area (Å²) in [7, 11) is 1.83. The number of hydrogen-bond donors (Lipinski definition) is 1. The van der Waals surface area contributed by atoms with Crippen LogP contribution in [0, 0.1) is 6.92 Å². The van der Waals surface area contributed by atoms with Gasteiger partial charge in [0.15, 0.2) is 11.0 Å². The third-order valence-corrected chi connectivity index (χ3v) is 3.94. The van der Waals surface area contributed by atoms with Crippen LogP contribution in [0.2, 0.25) is 0 Å². The van der Waals surface area contributed by atoms with Crippen LogP contribution in [0.1, 0.15) is 38.4 Å². The van der Waals surface area contributed by atoms with Crippen LogP contribution in [0.5, 0.6) is 0 Å². The molecular weight excluding hydrogens is 318 g/mol. The lowest BCUT2D eigenvalue weighted by Gasteiger charge is -2.17. The van der Waals surface area contributed by atoms with Crippen molar-refractivity contribution < 1.29 is 14.6 Å². The Morgan fingerprint density at radius 2 is 2.09 bits per heavy atom. The SMILES string of the molecule is Cc1cc(-n2c(SCC(=O)O)nnc2[C@H](C)OC(C)C)n(C)n1. The third kappa shape index (κ3) is 4.11. The summed E-state index contributed by atoms with van der Waals surface area (Å²) in [5.41, 5.74) is 0.855. The van der Waals surface area contributed by atoms with Gasteiger partial charge in [0.2, 0.25) is 0 Å². The highest BCUT2D eigenvalue weighted by atomic mass is 32.2. The van der Waals surface area contributed by atoms with E-state index in [9.17, 15) is 4.79 Å². The van der Waals surface area contributed by atoms with Crippen molar-refractivity contribution in [2.24, 2.45) is 7.05 Å². The number of aromatic nitrogens is 5. The van der Waals surface area contributed by atoms with Crippen molar-refractivity contribution in [2.45, 2.75) is 45.1 Å². The van der Waals surface area contributed by atoms with Crippen molar-refractivity contribution >= 4 is 17.7 Å². The van der Waals surface area contributed by atoms with E-state index < -0.39 is 5.97 Å². The van der Waals surface area contributed by atoms with E-state index in [-0.39, 0.29) is 18.0 Å². The maximum Gasteiger partial charge on any atom is 0.313 e. The second-order valence-electron chi connectivity index (χ2n) is 5.45. The second kappa shape index (κ2) is 7.14. The third-order valence-electron chi connectivity index (χ3n) is 3.03. The lowest BCUT2D eigenvalue weighted by molar-refractivity contribution is -0.133. The standard InChI is InChI=1S/C14H21N5O3S/c1-8(2)22-10(4)13-15-16-14(23-7-12(20)21)19(13)11-6-9(3)17-18(11)5/h6,8,10H,7H2,1-5H3,(H,20,21)/t10-/m0/s1. The maximum atomic E-state index is 10.9. The number of carbonyl (C=O) groups is 1. The van der Waals surface area contributed by atoms with Gasteiger partial charge in [-0.3, -0.25) is 14.0 Å². The smallest absolute Gasteiger partial charge is 0.313 e. The second-order valence-corrected chi connectivity index (χ2v) is 6.40. The first-order chi connectivity index (χ1) is 10.8. The van der Waals surface area contributed by atoms with Gasteiger partial charge < -0.3 is 9.84 Å². The van der Waals surface area contributed by atoms with Crippen molar-refractivity contribution in [1.29, 1.82) is 0 Å². The van der Waals surface area contributed by atoms with Crippen LogP contribution in [0.4, 0.5) is 0 Å². The number of carboxylic acid groups (broad SMARTS) is 1. The van der Waals surface area contributed by atoms with E-state index in [1.807, 2.05) is 40.8 Å². The van der Waals surface area contributed by atoms with Crippen molar-refractivity contribution in [3.8, 4) is 5.82 Å². The molecule has 2 aromatic heterocycles. The summed E-state index contributed by atoms with van der Waals surface area (Å²) in [5.74, 6) is 0.400. The molecule has 126 valence electrons. The Morgan fingerprint density at radius 1 is 1.39 bits per heavy atom. The maximum absolute atomic E-state index is 10.9. The number of carboxylic acids is 1. The Hall–Kier alpha value is -1.87. The van der Waals surface area contributed by atoms with Gasteiger partial charge in [-0.1, -0.05) is 11.8 Å². The Morgan fingerprint density at radius 3 is 2.61 bits per heavy atom. The lowest BCUT2D eigenvalue weighted by atomic mass is 10.3. The van der Waals surface area contributed by atoms with Crippen LogP contribution in [0.15, 0.2) is 11.2 Å². The predicted molar refractivity (Wildman–Crippen MR) is 85.9 cm³/mol. The molecule has 1 N–H and O–H groups in total. The van der Waals surface area contributed by atoms with Crippen LogP contribution in [-0.2, 0) is 16.6 Å². The molecule has 2 heterocycles. The molecule has 0 unspecified atom stereocenters. The van der Waals surface area contributed by atoms with E-state index in [0.29, 0.717) is 11.0 Å². The highest BCUT2D eigenvalue weighted by molar-refractivity contribution is 7.99. The molecule has 0 aliphatic rings. The van der Waals surface area contributed by atoms with E-state index in [2.05, 4.69) is 15.3 Å². The van der Waals surface area contributed by atoms with Gasteiger partial charge in [0.25, 0.3) is 0 Å². The molecule has 0 fully saturated rings. The minimum Gasteiger partial charge on any atom is -0.481 e. The quantitative estimate of drug-likeness (QED) is 0.771. The Balaban J connectivity index is 2.46. The number of aliphatic carboxylic acids is 1. The molecule has 2 rings (SSSR count). The summed E-state index contributed by atoms with van der Waals surface area (Å²) in [5, 5.41) is 22.1. The van der Waals surface area contributed by atoms with Crippen LogP contribution in [0.25, 0.3) is 5.82 Å². The largest absolute Gasteiger partial charge is 0.481 e. The van der Waals surface area contributed by atoms with Crippen molar-refractivity contribution in [3.05, 3.63) is 17.6 Å². The zero-order valence-electron chi connectivity index (χ0n) is 13.8. The lowest BCUT2D eigenvalue weighted by Crippen LogP contribution is -2.15. The van der Waals surface area contributed by atoms with E-state index in [4.69, 9.17) is 9.84 Å². The summed E-state index contributed by atoms with van der Waals surface area (Å²) in [4.78, 5) is 10.9. The zero-order valence-corrected chi connectivity index (χ0v) is 14.7. The fourth-order valence-electron chi connectivity index (χ4n) is 2.25. The number of ether oxygens (including phenoxy) is 1. The van der Waals surface area contributed by atoms with Gasteiger partial charge >= 0.3 is 5.97 Å². The molecule has 0 spiro atoms. The molecule has 0 bridgehead atoms. The first-order valence-electron chi connectivity index (χ1n) is 7.26. The summed E-state index contributed by atoms with van der Waals surface area (Å²) in [6, 6.07) is 1.90. The van der Waals surface area contributed by atoms with Gasteiger partial charge in [-0.25, -0.2) is 0 Å². The Labute approximate surface area is 138 Å². The van der Waals surface area contributed by atoms with Crippen LogP contribution < -0.4 is 0 Å². The minimum absolute atomic E-state index is 0.0403. The normalized spacial score (nSPS) is 12.8. The summed E-state index contributed by atoms with van der Waals surface area (Å²) >= 11 is 1.12. The molecular formula is C14H21N5O3S. The minimum atomic E-state index is -0.904. The van der Waals surface area contributed by atoms with Crippen molar-refractivity contribution in [2.75, 3.05) is 5.75 Å². The average Bonchev–Trinajstić information content (AvgIpc) is 2.98. The first-order valence-corrected chi connectivity index (χ1v) is 8.24. The Kier molecular flexibility index (Phi) is 5.42. The molecule has 0 saturated carbocycles. The van der Waals surface area contributed by atoms with Crippen LogP contribution >= 0.6 is 11.8 Å². The van der Waals surface area contributed by atoms with Gasteiger partial charge in [0, 0.05) is 13.1 Å². The number of hydrogen-bond acceptors (Lipinski definition) is 6. The number of rotatable bonds is 7. The zero-order chi connectivity index (χ0) is 17.1. The monoisotopic (exact) mass is 339 g/mol. The molecule has 0 radical (unpaired) electrons. The molecule has 0 aromatic carbocycles. The van der Waals surface area contributed by atoms with Gasteiger partial charge in [0.1, 0.15) is 11.9 Å². The molecule has 2 aromatic rings. The van der Waals surface area contributed by atoms with Gasteiger partial charge in [-0.15, -0.1) is 10.2 Å².